The molecule has 116 valence electrons. The molecule has 2 atom stereocenters. The van der Waals surface area contributed by atoms with Gasteiger partial charge >= 0.3 is 5.97 Å². The highest BCUT2D eigenvalue weighted by Gasteiger charge is 2.71. The number of aliphatic hydroxyl groups is 2. The topological polar surface area (TPSA) is 107 Å². The molecule has 0 aromatic heterocycles. The number of aliphatic hydroxyl groups excluding tert-OH is 1. The van der Waals surface area contributed by atoms with Gasteiger partial charge in [0.05, 0.1) is 12.0 Å². The molecule has 1 saturated heterocycles. The summed E-state index contributed by atoms with van der Waals surface area (Å²) in [5.41, 5.74) is -5.48. The molecule has 6 heteroatoms. The van der Waals surface area contributed by atoms with Crippen molar-refractivity contribution in [2.24, 2.45) is 5.41 Å². The lowest BCUT2D eigenvalue weighted by molar-refractivity contribution is -0.158. The zero-order chi connectivity index (χ0) is 16.6. The van der Waals surface area contributed by atoms with Crippen LogP contribution >= 0.6 is 0 Å². The molecule has 1 aromatic carbocycles. The number of hydrogen-bond donors (Lipinski definition) is 4. The third kappa shape index (κ3) is 1.98. The van der Waals surface area contributed by atoms with Crippen molar-refractivity contribution in [3.05, 3.63) is 35.9 Å². The number of carboxylic acids is 1. The van der Waals surface area contributed by atoms with Crippen LogP contribution in [0, 0.1) is 17.3 Å². The number of carbonyl (C=O) groups excluding carboxylic acids is 1. The molecule has 0 radical (unpaired) electrons. The summed E-state index contributed by atoms with van der Waals surface area (Å²) < 4.78 is 0. The van der Waals surface area contributed by atoms with E-state index in [0.717, 1.165) is 0 Å². The first-order valence-electron chi connectivity index (χ1n) is 6.69. The Bertz CT molecular complexity index is 673. The maximum Gasteiger partial charge on any atom is 0.336 e. The Balaban J connectivity index is 2.62. The van der Waals surface area contributed by atoms with E-state index in [2.05, 4.69) is 17.2 Å². The van der Waals surface area contributed by atoms with Gasteiger partial charge in [-0.25, -0.2) is 4.79 Å². The van der Waals surface area contributed by atoms with E-state index >= 15 is 0 Å². The quantitative estimate of drug-likeness (QED) is 0.563. The fourth-order valence-electron chi connectivity index (χ4n) is 2.52. The number of rotatable bonds is 2. The average Bonchev–Trinajstić information content (AvgIpc) is 2.65. The van der Waals surface area contributed by atoms with Gasteiger partial charge in [-0.1, -0.05) is 30.0 Å². The minimum atomic E-state index is -2.27. The molecule has 0 spiro atoms. The maximum absolute atomic E-state index is 12.1. The van der Waals surface area contributed by atoms with Gasteiger partial charge in [0, 0.05) is 5.56 Å². The summed E-state index contributed by atoms with van der Waals surface area (Å²) >= 11 is 0. The Morgan fingerprint density at radius 2 is 1.86 bits per heavy atom. The molecule has 1 aliphatic heterocycles. The first-order valence-corrected chi connectivity index (χ1v) is 6.69. The van der Waals surface area contributed by atoms with Crippen molar-refractivity contribution in [3.8, 4) is 11.8 Å². The number of amides is 1. The van der Waals surface area contributed by atoms with Crippen molar-refractivity contribution < 1.29 is 24.9 Å². The fourth-order valence-corrected chi connectivity index (χ4v) is 2.52. The van der Waals surface area contributed by atoms with Crippen LogP contribution < -0.4 is 5.32 Å². The van der Waals surface area contributed by atoms with Crippen molar-refractivity contribution in [2.45, 2.75) is 25.0 Å². The van der Waals surface area contributed by atoms with Crippen LogP contribution in [0.1, 0.15) is 19.4 Å². The SMILES string of the molecule is CC1(C)C(=O)N[C@@](CO)(C(=O)O)[C@]1(O)C#Cc1ccccc1. The van der Waals surface area contributed by atoms with Gasteiger partial charge in [0.25, 0.3) is 0 Å². The molecule has 4 N–H and O–H groups in total. The third-order valence-electron chi connectivity index (χ3n) is 4.18. The van der Waals surface area contributed by atoms with E-state index in [1.165, 1.54) is 13.8 Å². The summed E-state index contributed by atoms with van der Waals surface area (Å²) in [6.45, 7) is 1.81. The molecule has 6 nitrogen and oxygen atoms in total. The van der Waals surface area contributed by atoms with Crippen LogP contribution in [0.5, 0.6) is 0 Å². The first-order chi connectivity index (χ1) is 10.2. The van der Waals surface area contributed by atoms with Gasteiger partial charge in [0.2, 0.25) is 11.4 Å². The molecule has 1 aromatic rings. The van der Waals surface area contributed by atoms with E-state index in [1.807, 2.05) is 0 Å². The Kier molecular flexibility index (Phi) is 3.73. The Hall–Kier alpha value is -2.36. The Morgan fingerprint density at radius 1 is 1.27 bits per heavy atom. The molecule has 22 heavy (non-hydrogen) atoms. The highest BCUT2D eigenvalue weighted by atomic mass is 16.4. The van der Waals surface area contributed by atoms with Crippen molar-refractivity contribution in [2.75, 3.05) is 6.61 Å². The van der Waals surface area contributed by atoms with Crippen molar-refractivity contribution in [1.29, 1.82) is 0 Å². The third-order valence-corrected chi connectivity index (χ3v) is 4.18. The summed E-state index contributed by atoms with van der Waals surface area (Å²) in [5, 5.41) is 32.1. The molecule has 0 saturated carbocycles. The molecule has 1 amide bonds. The summed E-state index contributed by atoms with van der Waals surface area (Å²) in [4.78, 5) is 23.7. The van der Waals surface area contributed by atoms with Crippen LogP contribution in [0.4, 0.5) is 0 Å². The zero-order valence-corrected chi connectivity index (χ0v) is 12.3. The number of hydrogen-bond acceptors (Lipinski definition) is 4. The van der Waals surface area contributed by atoms with Gasteiger partial charge < -0.3 is 20.6 Å². The van der Waals surface area contributed by atoms with Gasteiger partial charge in [-0.3, -0.25) is 4.79 Å². The van der Waals surface area contributed by atoms with Gasteiger partial charge in [-0.15, -0.1) is 0 Å². The lowest BCUT2D eigenvalue weighted by Crippen LogP contribution is -2.66. The van der Waals surface area contributed by atoms with Crippen LogP contribution in [0.2, 0.25) is 0 Å². The summed E-state index contributed by atoms with van der Waals surface area (Å²) in [6.07, 6.45) is 0. The molecule has 1 fully saturated rings. The second-order valence-corrected chi connectivity index (χ2v) is 5.77. The minimum absolute atomic E-state index is 0.559. The standard InChI is InChI=1S/C16H17NO5/c1-14(2)12(19)17-15(10-18,13(20)21)16(14,22)9-8-11-6-4-3-5-7-11/h3-7,18,22H,10H2,1-2H3,(H,17,19)(H,20,21)/t15-,16-/m0/s1. The maximum atomic E-state index is 12.1. The van der Waals surface area contributed by atoms with E-state index in [-0.39, 0.29) is 0 Å². The number of benzene rings is 1. The number of carboxylic acid groups (broad SMARTS) is 1. The summed E-state index contributed by atoms with van der Waals surface area (Å²) in [6, 6.07) is 8.66. The predicted molar refractivity (Wildman–Crippen MR) is 77.6 cm³/mol. The Morgan fingerprint density at radius 3 is 2.36 bits per heavy atom. The average molecular weight is 303 g/mol. The smallest absolute Gasteiger partial charge is 0.336 e. The van der Waals surface area contributed by atoms with Crippen LogP contribution in [0.15, 0.2) is 30.3 Å². The minimum Gasteiger partial charge on any atom is -0.479 e. The lowest BCUT2D eigenvalue weighted by atomic mass is 9.68. The zero-order valence-electron chi connectivity index (χ0n) is 12.3. The van der Waals surface area contributed by atoms with Crippen molar-refractivity contribution in [3.63, 3.8) is 0 Å². The van der Waals surface area contributed by atoms with Crippen molar-refractivity contribution in [1.82, 2.24) is 5.32 Å². The highest BCUT2D eigenvalue weighted by molar-refractivity contribution is 5.98. The predicted octanol–water partition coefficient (Wildman–Crippen LogP) is -0.259. The molecule has 1 heterocycles. The monoisotopic (exact) mass is 303 g/mol. The fraction of sp³-hybridized carbons (Fsp3) is 0.375. The molecule has 2 rings (SSSR count). The van der Waals surface area contributed by atoms with Gasteiger partial charge in [0.15, 0.2) is 5.60 Å². The van der Waals surface area contributed by atoms with E-state index in [4.69, 9.17) is 0 Å². The number of nitrogens with one attached hydrogen (secondary N) is 1. The van der Waals surface area contributed by atoms with Crippen molar-refractivity contribution >= 4 is 11.9 Å². The summed E-state index contributed by atoms with van der Waals surface area (Å²) in [5.74, 6) is 2.95. The number of carbonyl (C=O) groups is 2. The second-order valence-electron chi connectivity index (χ2n) is 5.77. The van der Waals surface area contributed by atoms with E-state index in [9.17, 15) is 24.9 Å². The number of aliphatic carboxylic acids is 1. The van der Waals surface area contributed by atoms with E-state index in [0.29, 0.717) is 5.56 Å². The molecular weight excluding hydrogens is 286 g/mol. The lowest BCUT2D eigenvalue weighted by Gasteiger charge is -2.38. The largest absolute Gasteiger partial charge is 0.479 e. The molecule has 0 aliphatic carbocycles. The van der Waals surface area contributed by atoms with Crippen LogP contribution in [-0.2, 0) is 9.59 Å². The van der Waals surface area contributed by atoms with Crippen LogP contribution in [0.25, 0.3) is 0 Å². The highest BCUT2D eigenvalue weighted by Crippen LogP contribution is 2.45. The molecular formula is C16H17NO5. The van der Waals surface area contributed by atoms with Gasteiger partial charge in [0.1, 0.15) is 0 Å². The van der Waals surface area contributed by atoms with Gasteiger partial charge in [-0.05, 0) is 26.0 Å². The van der Waals surface area contributed by atoms with Crippen LogP contribution in [-0.4, -0.2) is 44.9 Å². The normalized spacial score (nSPS) is 29.4. The summed E-state index contributed by atoms with van der Waals surface area (Å²) in [7, 11) is 0. The molecule has 1 aliphatic rings. The second kappa shape index (κ2) is 5.13. The van der Waals surface area contributed by atoms with Crippen LogP contribution in [0.3, 0.4) is 0 Å². The first kappa shape index (κ1) is 16.0. The van der Waals surface area contributed by atoms with Gasteiger partial charge in [-0.2, -0.15) is 0 Å². The van der Waals surface area contributed by atoms with E-state index in [1.54, 1.807) is 30.3 Å². The molecule has 0 bridgehead atoms. The molecule has 0 unspecified atom stereocenters. The van der Waals surface area contributed by atoms with E-state index < -0.39 is 35.0 Å². The Labute approximate surface area is 127 Å².